The number of nitrogens with zero attached hydrogens (tertiary/aromatic N) is 2. The largest absolute Gasteiger partial charge is 0.279 e. The van der Waals surface area contributed by atoms with E-state index in [1.807, 2.05) is 0 Å². The molecule has 0 aromatic heterocycles. The Kier molecular flexibility index (Phi) is 4.59. The monoisotopic (exact) mass is 334 g/mol. The maximum atomic E-state index is 14.2. The van der Waals surface area contributed by atoms with Crippen LogP contribution in [0.3, 0.4) is 0 Å². The highest BCUT2D eigenvalue weighted by atomic mass is 19.1. The second kappa shape index (κ2) is 6.67. The normalized spacial score (nSPS) is 20.5. The van der Waals surface area contributed by atoms with Crippen LogP contribution in [0.1, 0.15) is 56.4 Å². The van der Waals surface area contributed by atoms with E-state index in [9.17, 15) is 24.1 Å². The Morgan fingerprint density at radius 3 is 2.25 bits per heavy atom. The van der Waals surface area contributed by atoms with Crippen LogP contribution in [-0.2, 0) is 9.59 Å². The van der Waals surface area contributed by atoms with Crippen molar-refractivity contribution >= 4 is 17.5 Å². The molecule has 1 aliphatic carbocycles. The Hall–Kier alpha value is -2.31. The summed E-state index contributed by atoms with van der Waals surface area (Å²) in [5, 5.41) is 10.7. The number of nitro groups is 1. The van der Waals surface area contributed by atoms with Crippen molar-refractivity contribution in [1.82, 2.24) is 4.90 Å². The Morgan fingerprint density at radius 2 is 1.71 bits per heavy atom. The molecule has 1 saturated heterocycles. The topological polar surface area (TPSA) is 80.5 Å². The Labute approximate surface area is 138 Å². The number of hydrogen-bond acceptors (Lipinski definition) is 4. The zero-order chi connectivity index (χ0) is 17.3. The van der Waals surface area contributed by atoms with Crippen molar-refractivity contribution in [2.24, 2.45) is 0 Å². The summed E-state index contributed by atoms with van der Waals surface area (Å²) in [6.45, 7) is 0. The lowest BCUT2D eigenvalue weighted by atomic mass is 9.85. The van der Waals surface area contributed by atoms with E-state index in [0.717, 1.165) is 38.2 Å². The molecule has 3 rings (SSSR count). The van der Waals surface area contributed by atoms with Gasteiger partial charge < -0.3 is 0 Å². The van der Waals surface area contributed by atoms with Crippen molar-refractivity contribution in [2.45, 2.75) is 56.9 Å². The first kappa shape index (κ1) is 16.5. The van der Waals surface area contributed by atoms with Crippen LogP contribution >= 0.6 is 0 Å². The summed E-state index contributed by atoms with van der Waals surface area (Å²) < 4.78 is 14.2. The molecule has 0 spiro atoms. The van der Waals surface area contributed by atoms with Crippen LogP contribution in [0.25, 0.3) is 0 Å². The van der Waals surface area contributed by atoms with Gasteiger partial charge in [-0.1, -0.05) is 19.3 Å². The van der Waals surface area contributed by atoms with Gasteiger partial charge in [-0.15, -0.1) is 0 Å². The van der Waals surface area contributed by atoms with Gasteiger partial charge in [0.15, 0.2) is 0 Å². The molecular weight excluding hydrogens is 315 g/mol. The fraction of sp³-hybridized carbons (Fsp3) is 0.529. The third kappa shape index (κ3) is 3.16. The van der Waals surface area contributed by atoms with E-state index in [4.69, 9.17) is 0 Å². The van der Waals surface area contributed by atoms with Gasteiger partial charge in [0.1, 0.15) is 5.82 Å². The van der Waals surface area contributed by atoms with E-state index >= 15 is 0 Å². The summed E-state index contributed by atoms with van der Waals surface area (Å²) >= 11 is 0. The van der Waals surface area contributed by atoms with E-state index in [2.05, 4.69) is 0 Å². The first-order valence-electron chi connectivity index (χ1n) is 8.26. The fourth-order valence-corrected chi connectivity index (χ4v) is 3.76. The minimum atomic E-state index is -0.735. The van der Waals surface area contributed by atoms with Gasteiger partial charge >= 0.3 is 0 Å². The van der Waals surface area contributed by atoms with E-state index in [0.29, 0.717) is 0 Å². The Morgan fingerprint density at radius 1 is 1.08 bits per heavy atom. The molecule has 0 atom stereocenters. The summed E-state index contributed by atoms with van der Waals surface area (Å²) in [6, 6.07) is 3.34. The number of nitro benzene ring substituents is 1. The van der Waals surface area contributed by atoms with E-state index in [1.54, 1.807) is 0 Å². The van der Waals surface area contributed by atoms with Crippen LogP contribution in [0.4, 0.5) is 10.1 Å². The first-order chi connectivity index (χ1) is 11.5. The molecule has 2 fully saturated rings. The highest BCUT2D eigenvalue weighted by molar-refractivity contribution is 5.99. The number of amides is 2. The molecule has 1 aliphatic heterocycles. The molecular formula is C17H19FN2O4. The SMILES string of the molecule is O=C1CC(c2ccc([N+](=O)[O-])cc2F)CC(=O)N1C1CCCCC1. The molecule has 24 heavy (non-hydrogen) atoms. The molecule has 1 saturated carbocycles. The van der Waals surface area contributed by atoms with Crippen molar-refractivity contribution in [1.29, 1.82) is 0 Å². The minimum Gasteiger partial charge on any atom is -0.279 e. The van der Waals surface area contributed by atoms with Gasteiger partial charge in [-0.25, -0.2) is 4.39 Å². The molecule has 128 valence electrons. The lowest BCUT2D eigenvalue weighted by molar-refractivity contribution is -0.385. The van der Waals surface area contributed by atoms with Gasteiger partial charge in [-0.3, -0.25) is 24.6 Å². The van der Waals surface area contributed by atoms with Crippen LogP contribution in [0.5, 0.6) is 0 Å². The van der Waals surface area contributed by atoms with Gasteiger partial charge in [0.05, 0.1) is 11.0 Å². The third-order valence-electron chi connectivity index (χ3n) is 4.95. The van der Waals surface area contributed by atoms with Crippen molar-refractivity contribution in [3.63, 3.8) is 0 Å². The van der Waals surface area contributed by atoms with E-state index < -0.39 is 16.7 Å². The van der Waals surface area contributed by atoms with Gasteiger partial charge in [0, 0.05) is 30.9 Å². The number of carbonyl (C=O) groups excluding carboxylic acids is 2. The molecule has 1 aromatic carbocycles. The number of piperidine rings is 1. The Bertz CT molecular complexity index is 667. The first-order valence-corrected chi connectivity index (χ1v) is 8.26. The fourth-order valence-electron chi connectivity index (χ4n) is 3.76. The average Bonchev–Trinajstić information content (AvgIpc) is 2.55. The molecule has 6 nitrogen and oxygen atoms in total. The summed E-state index contributed by atoms with van der Waals surface area (Å²) in [5.74, 6) is -1.81. The summed E-state index contributed by atoms with van der Waals surface area (Å²) in [5.41, 5.74) is -0.140. The molecule has 2 amide bonds. The highest BCUT2D eigenvalue weighted by Crippen LogP contribution is 2.35. The highest BCUT2D eigenvalue weighted by Gasteiger charge is 2.38. The van der Waals surface area contributed by atoms with Gasteiger partial charge in [-0.2, -0.15) is 0 Å². The number of likely N-dealkylation sites (tertiary alicyclic amines) is 1. The van der Waals surface area contributed by atoms with Crippen molar-refractivity contribution < 1.29 is 18.9 Å². The molecule has 0 bridgehead atoms. The van der Waals surface area contributed by atoms with E-state index in [-0.39, 0.29) is 41.9 Å². The lowest BCUT2D eigenvalue weighted by Gasteiger charge is -2.37. The molecule has 7 heteroatoms. The van der Waals surface area contributed by atoms with Crippen LogP contribution in [0.15, 0.2) is 18.2 Å². The predicted octanol–water partition coefficient (Wildman–Crippen LogP) is 3.30. The molecule has 1 heterocycles. The number of hydrogen-bond donors (Lipinski definition) is 0. The number of non-ortho nitro benzene ring substituents is 1. The lowest BCUT2D eigenvalue weighted by Crippen LogP contribution is -2.49. The Balaban J connectivity index is 1.77. The average molecular weight is 334 g/mol. The minimum absolute atomic E-state index is 0.0265. The zero-order valence-corrected chi connectivity index (χ0v) is 13.2. The van der Waals surface area contributed by atoms with Crippen LogP contribution < -0.4 is 0 Å². The standard InChI is InChI=1S/C17H19FN2O4/c18-15-10-13(20(23)24)6-7-14(15)11-8-16(21)19(17(22)9-11)12-4-2-1-3-5-12/h6-7,10-12H,1-5,8-9H2. The second-order valence-electron chi connectivity index (χ2n) is 6.52. The molecule has 0 N–H and O–H groups in total. The van der Waals surface area contributed by atoms with Crippen molar-refractivity contribution in [3.8, 4) is 0 Å². The molecule has 1 aromatic rings. The van der Waals surface area contributed by atoms with Gasteiger partial charge in [0.2, 0.25) is 11.8 Å². The number of rotatable bonds is 3. The van der Waals surface area contributed by atoms with E-state index in [1.165, 1.54) is 17.0 Å². The van der Waals surface area contributed by atoms with Crippen LogP contribution in [0, 0.1) is 15.9 Å². The van der Waals surface area contributed by atoms with Crippen LogP contribution in [-0.4, -0.2) is 27.7 Å². The predicted molar refractivity (Wildman–Crippen MR) is 83.8 cm³/mol. The summed E-state index contributed by atoms with van der Waals surface area (Å²) in [4.78, 5) is 36.3. The number of carbonyl (C=O) groups is 2. The number of benzene rings is 1. The summed E-state index contributed by atoms with van der Waals surface area (Å²) in [6.07, 6.45) is 4.98. The number of imide groups is 1. The molecule has 2 aliphatic rings. The smallest absolute Gasteiger partial charge is 0.272 e. The quantitative estimate of drug-likeness (QED) is 0.482. The summed E-state index contributed by atoms with van der Waals surface area (Å²) in [7, 11) is 0. The molecule has 0 unspecified atom stereocenters. The van der Waals surface area contributed by atoms with Gasteiger partial charge in [0.25, 0.3) is 5.69 Å². The number of halogens is 1. The zero-order valence-electron chi connectivity index (χ0n) is 13.2. The van der Waals surface area contributed by atoms with Crippen molar-refractivity contribution in [2.75, 3.05) is 0 Å². The third-order valence-corrected chi connectivity index (χ3v) is 4.95. The molecule has 0 radical (unpaired) electrons. The maximum Gasteiger partial charge on any atom is 0.272 e. The van der Waals surface area contributed by atoms with Crippen molar-refractivity contribution in [3.05, 3.63) is 39.7 Å². The van der Waals surface area contributed by atoms with Crippen LogP contribution in [0.2, 0.25) is 0 Å². The van der Waals surface area contributed by atoms with Gasteiger partial charge in [-0.05, 0) is 24.5 Å². The maximum absolute atomic E-state index is 14.2. The second-order valence-corrected chi connectivity index (χ2v) is 6.52.